The normalized spacial score (nSPS) is 10.6. The van der Waals surface area contributed by atoms with Crippen LogP contribution in [0, 0.1) is 0 Å². The highest BCUT2D eigenvalue weighted by Gasteiger charge is 2.00. The van der Waals surface area contributed by atoms with Gasteiger partial charge in [0.2, 0.25) is 0 Å². The van der Waals surface area contributed by atoms with Gasteiger partial charge >= 0.3 is 5.97 Å². The molecule has 0 fully saturated rings. The van der Waals surface area contributed by atoms with Crippen molar-refractivity contribution in [1.29, 1.82) is 0 Å². The van der Waals surface area contributed by atoms with E-state index in [1.165, 1.54) is 38.5 Å². The molecule has 0 saturated heterocycles. The molecule has 0 aliphatic rings. The van der Waals surface area contributed by atoms with Gasteiger partial charge in [-0.25, -0.2) is 0 Å². The van der Waals surface area contributed by atoms with Gasteiger partial charge < -0.3 is 9.47 Å². The highest BCUT2D eigenvalue weighted by Crippen LogP contribution is 2.06. The second-order valence-corrected chi connectivity index (χ2v) is 5.00. The lowest BCUT2D eigenvalue weighted by Gasteiger charge is -2.04. The molecule has 19 heavy (non-hydrogen) atoms. The van der Waals surface area contributed by atoms with Gasteiger partial charge in [-0.2, -0.15) is 0 Å². The Hall–Kier alpha value is -0.570. The van der Waals surface area contributed by atoms with Gasteiger partial charge in [0.1, 0.15) is 0 Å². The molecule has 0 aromatic heterocycles. The van der Waals surface area contributed by atoms with E-state index in [1.807, 2.05) is 6.92 Å². The van der Waals surface area contributed by atoms with Crippen molar-refractivity contribution in [1.82, 2.24) is 0 Å². The van der Waals surface area contributed by atoms with Crippen molar-refractivity contribution in [2.24, 2.45) is 0 Å². The average molecular weight is 272 g/mol. The molecule has 0 spiro atoms. The Labute approximate surface area is 119 Å². The lowest BCUT2D eigenvalue weighted by molar-refractivity contribution is -0.143. The summed E-state index contributed by atoms with van der Waals surface area (Å²) >= 11 is 0. The van der Waals surface area contributed by atoms with Crippen molar-refractivity contribution < 1.29 is 14.3 Å². The Morgan fingerprint density at radius 2 is 1.37 bits per heavy atom. The summed E-state index contributed by atoms with van der Waals surface area (Å²) in [5, 5.41) is 0. The van der Waals surface area contributed by atoms with Crippen LogP contribution >= 0.6 is 0 Å². The predicted octanol–water partition coefficient (Wildman–Crippen LogP) is 4.49. The van der Waals surface area contributed by atoms with Crippen molar-refractivity contribution in [3.63, 3.8) is 0 Å². The number of esters is 1. The van der Waals surface area contributed by atoms with Crippen molar-refractivity contribution in [3.05, 3.63) is 0 Å². The number of carbonyl (C=O) groups excluding carboxylic acids is 1. The maximum atomic E-state index is 11.1. The van der Waals surface area contributed by atoms with E-state index in [9.17, 15) is 4.79 Å². The molecule has 0 rings (SSSR count). The van der Waals surface area contributed by atoms with Crippen LogP contribution in [-0.4, -0.2) is 25.8 Å². The summed E-state index contributed by atoms with van der Waals surface area (Å²) in [7, 11) is 0. The summed E-state index contributed by atoms with van der Waals surface area (Å²) in [5.74, 6) is -0.0736. The fraction of sp³-hybridized carbons (Fsp3) is 0.938. The smallest absolute Gasteiger partial charge is 0.305 e. The molecule has 0 heterocycles. The molecule has 0 amide bonds. The Balaban J connectivity index is 3.01. The van der Waals surface area contributed by atoms with Crippen LogP contribution < -0.4 is 0 Å². The standard InChI is InChI=1S/C16H32O3/c1-3-5-6-7-8-11-14-18-15-12-9-10-13-16(17)19-4-2/h3-15H2,1-2H3. The molecule has 3 nitrogen and oxygen atoms in total. The zero-order chi connectivity index (χ0) is 14.2. The van der Waals surface area contributed by atoms with Gasteiger partial charge in [-0.05, 0) is 26.2 Å². The largest absolute Gasteiger partial charge is 0.466 e. The van der Waals surface area contributed by atoms with Gasteiger partial charge in [0.15, 0.2) is 0 Å². The van der Waals surface area contributed by atoms with E-state index in [4.69, 9.17) is 9.47 Å². The molecule has 0 aliphatic heterocycles. The first-order valence-electron chi connectivity index (χ1n) is 8.04. The maximum Gasteiger partial charge on any atom is 0.305 e. The third-order valence-corrected chi connectivity index (χ3v) is 3.12. The van der Waals surface area contributed by atoms with E-state index in [0.29, 0.717) is 13.0 Å². The molecular weight excluding hydrogens is 240 g/mol. The predicted molar refractivity (Wildman–Crippen MR) is 79.3 cm³/mol. The Kier molecular flexibility index (Phi) is 15.0. The topological polar surface area (TPSA) is 35.5 Å². The van der Waals surface area contributed by atoms with E-state index in [2.05, 4.69) is 6.92 Å². The molecule has 3 heteroatoms. The Morgan fingerprint density at radius 3 is 2.00 bits per heavy atom. The van der Waals surface area contributed by atoms with E-state index in [0.717, 1.165) is 32.5 Å². The minimum atomic E-state index is -0.0736. The molecule has 0 radical (unpaired) electrons. The first-order valence-corrected chi connectivity index (χ1v) is 8.04. The van der Waals surface area contributed by atoms with Crippen molar-refractivity contribution in [2.75, 3.05) is 19.8 Å². The Bertz CT molecular complexity index is 192. The molecule has 0 unspecified atom stereocenters. The fourth-order valence-electron chi connectivity index (χ4n) is 1.97. The SMILES string of the molecule is CCCCCCCCOCCCCCC(=O)OCC. The minimum Gasteiger partial charge on any atom is -0.466 e. The molecule has 114 valence electrons. The van der Waals surface area contributed by atoms with Crippen LogP contribution in [-0.2, 0) is 14.3 Å². The average Bonchev–Trinajstić information content (AvgIpc) is 2.40. The Morgan fingerprint density at radius 1 is 0.789 bits per heavy atom. The summed E-state index contributed by atoms with van der Waals surface area (Å²) < 4.78 is 10.5. The van der Waals surface area contributed by atoms with Gasteiger partial charge in [0, 0.05) is 19.6 Å². The highest BCUT2D eigenvalue weighted by molar-refractivity contribution is 5.69. The number of unbranched alkanes of at least 4 members (excludes halogenated alkanes) is 7. The van der Waals surface area contributed by atoms with E-state index < -0.39 is 0 Å². The van der Waals surface area contributed by atoms with Crippen LogP contribution in [0.15, 0.2) is 0 Å². The lowest BCUT2D eigenvalue weighted by Crippen LogP contribution is -2.03. The number of carbonyl (C=O) groups is 1. The highest BCUT2D eigenvalue weighted by atomic mass is 16.5. The summed E-state index contributed by atoms with van der Waals surface area (Å²) in [5.41, 5.74) is 0. The van der Waals surface area contributed by atoms with E-state index in [1.54, 1.807) is 0 Å². The van der Waals surface area contributed by atoms with Gasteiger partial charge in [0.25, 0.3) is 0 Å². The summed E-state index contributed by atoms with van der Waals surface area (Å²) in [4.78, 5) is 11.1. The monoisotopic (exact) mass is 272 g/mol. The molecular formula is C16H32O3. The van der Waals surface area contributed by atoms with Crippen LogP contribution in [0.25, 0.3) is 0 Å². The molecule has 0 aromatic rings. The molecule has 0 aliphatic carbocycles. The number of ether oxygens (including phenoxy) is 2. The van der Waals surface area contributed by atoms with E-state index >= 15 is 0 Å². The van der Waals surface area contributed by atoms with Gasteiger partial charge in [-0.3, -0.25) is 4.79 Å². The second-order valence-electron chi connectivity index (χ2n) is 5.00. The molecule has 0 N–H and O–H groups in total. The fourth-order valence-corrected chi connectivity index (χ4v) is 1.97. The molecule has 0 aromatic carbocycles. The quantitative estimate of drug-likeness (QED) is 0.345. The number of hydrogen-bond donors (Lipinski definition) is 0. The first kappa shape index (κ1) is 18.4. The summed E-state index contributed by atoms with van der Waals surface area (Å²) in [6.45, 7) is 6.29. The molecule has 0 bridgehead atoms. The zero-order valence-corrected chi connectivity index (χ0v) is 12.9. The summed E-state index contributed by atoms with van der Waals surface area (Å²) in [6, 6.07) is 0. The summed E-state index contributed by atoms with van der Waals surface area (Å²) in [6.07, 6.45) is 11.4. The lowest BCUT2D eigenvalue weighted by atomic mass is 10.1. The van der Waals surface area contributed by atoms with E-state index in [-0.39, 0.29) is 5.97 Å². The maximum absolute atomic E-state index is 11.1. The molecule has 0 atom stereocenters. The molecule has 0 saturated carbocycles. The zero-order valence-electron chi connectivity index (χ0n) is 12.9. The minimum absolute atomic E-state index is 0.0736. The first-order chi connectivity index (χ1) is 9.31. The van der Waals surface area contributed by atoms with Crippen LogP contribution in [0.5, 0.6) is 0 Å². The van der Waals surface area contributed by atoms with Crippen LogP contribution in [0.1, 0.15) is 78.1 Å². The van der Waals surface area contributed by atoms with Crippen molar-refractivity contribution in [2.45, 2.75) is 78.1 Å². The third-order valence-electron chi connectivity index (χ3n) is 3.12. The van der Waals surface area contributed by atoms with Gasteiger partial charge in [-0.15, -0.1) is 0 Å². The van der Waals surface area contributed by atoms with Crippen molar-refractivity contribution in [3.8, 4) is 0 Å². The number of rotatable bonds is 14. The third kappa shape index (κ3) is 15.4. The van der Waals surface area contributed by atoms with Crippen LogP contribution in [0.4, 0.5) is 0 Å². The van der Waals surface area contributed by atoms with Crippen molar-refractivity contribution >= 4 is 5.97 Å². The number of hydrogen-bond acceptors (Lipinski definition) is 3. The van der Waals surface area contributed by atoms with Gasteiger partial charge in [0.05, 0.1) is 6.61 Å². The second kappa shape index (κ2) is 15.5. The van der Waals surface area contributed by atoms with Crippen LogP contribution in [0.2, 0.25) is 0 Å². The van der Waals surface area contributed by atoms with Crippen LogP contribution in [0.3, 0.4) is 0 Å². The van der Waals surface area contributed by atoms with Gasteiger partial charge in [-0.1, -0.05) is 45.4 Å².